The van der Waals surface area contributed by atoms with Crippen molar-refractivity contribution in [3.05, 3.63) is 0 Å². The summed E-state index contributed by atoms with van der Waals surface area (Å²) in [6, 6.07) is 0.415. The van der Waals surface area contributed by atoms with E-state index < -0.39 is 0 Å². The van der Waals surface area contributed by atoms with Gasteiger partial charge in [-0.15, -0.1) is 5.10 Å². The van der Waals surface area contributed by atoms with E-state index in [1.54, 1.807) is 4.68 Å². The Labute approximate surface area is 77.1 Å². The Morgan fingerprint density at radius 1 is 1.15 bits per heavy atom. The second kappa shape index (κ2) is 3.24. The van der Waals surface area contributed by atoms with Crippen LogP contribution in [0.15, 0.2) is 0 Å². The maximum atomic E-state index is 5.68. The van der Waals surface area contributed by atoms with Crippen molar-refractivity contribution in [2.24, 2.45) is 0 Å². The fourth-order valence-electron chi connectivity index (χ4n) is 1.95. The first-order valence-corrected chi connectivity index (χ1v) is 4.75. The molecule has 2 rings (SSSR count). The molecule has 1 aromatic rings. The summed E-state index contributed by atoms with van der Waals surface area (Å²) < 4.78 is 1.77. The maximum absolute atomic E-state index is 5.68. The fraction of sp³-hybridized carbons (Fsp3) is 0.750. The van der Waals surface area contributed by atoms with Crippen molar-refractivity contribution in [1.29, 1.82) is 0 Å². The Bertz CT molecular complexity index is 287. The van der Waals surface area contributed by atoms with E-state index in [0.717, 1.165) is 12.8 Å². The molecule has 0 spiro atoms. The standard InChI is InChI=1S/C8H15N5/c9-7-11-8(10)13(12-7)6-4-2-1-3-5-6/h6H,1-5H2,(H4,9,10,11,12). The van der Waals surface area contributed by atoms with Crippen molar-refractivity contribution in [2.75, 3.05) is 11.5 Å². The number of nitrogens with two attached hydrogens (primary N) is 2. The highest BCUT2D eigenvalue weighted by Gasteiger charge is 2.18. The average molecular weight is 181 g/mol. The Kier molecular flexibility index (Phi) is 2.08. The molecule has 13 heavy (non-hydrogen) atoms. The number of hydrogen-bond acceptors (Lipinski definition) is 4. The lowest BCUT2D eigenvalue weighted by Crippen LogP contribution is -2.16. The van der Waals surface area contributed by atoms with E-state index in [1.807, 2.05) is 0 Å². The predicted molar refractivity (Wildman–Crippen MR) is 51.0 cm³/mol. The third kappa shape index (κ3) is 1.59. The molecule has 1 aliphatic carbocycles. The van der Waals surface area contributed by atoms with Crippen molar-refractivity contribution in [2.45, 2.75) is 38.1 Å². The summed E-state index contributed by atoms with van der Waals surface area (Å²) in [7, 11) is 0. The summed E-state index contributed by atoms with van der Waals surface area (Å²) in [5.74, 6) is 0.729. The van der Waals surface area contributed by atoms with Gasteiger partial charge in [0.1, 0.15) is 0 Å². The lowest BCUT2D eigenvalue weighted by molar-refractivity contribution is 0.333. The summed E-state index contributed by atoms with van der Waals surface area (Å²) >= 11 is 0. The summed E-state index contributed by atoms with van der Waals surface area (Å²) in [5.41, 5.74) is 11.1. The highest BCUT2D eigenvalue weighted by molar-refractivity contribution is 5.26. The maximum Gasteiger partial charge on any atom is 0.241 e. The summed E-state index contributed by atoms with van der Waals surface area (Å²) in [6.45, 7) is 0. The van der Waals surface area contributed by atoms with E-state index in [-0.39, 0.29) is 5.95 Å². The number of anilines is 2. The van der Waals surface area contributed by atoms with Gasteiger partial charge in [-0.1, -0.05) is 19.3 Å². The second-order valence-corrected chi connectivity index (χ2v) is 3.56. The van der Waals surface area contributed by atoms with Crippen molar-refractivity contribution in [3.63, 3.8) is 0 Å². The molecule has 1 aromatic heterocycles. The predicted octanol–water partition coefficient (Wildman–Crippen LogP) is 0.948. The molecule has 0 atom stereocenters. The van der Waals surface area contributed by atoms with Gasteiger partial charge in [-0.05, 0) is 12.8 Å². The van der Waals surface area contributed by atoms with Gasteiger partial charge in [0.05, 0.1) is 6.04 Å². The van der Waals surface area contributed by atoms with Crippen LogP contribution in [0.4, 0.5) is 11.9 Å². The van der Waals surface area contributed by atoms with Crippen LogP contribution in [0.3, 0.4) is 0 Å². The molecule has 72 valence electrons. The average Bonchev–Trinajstić information content (AvgIpc) is 2.47. The van der Waals surface area contributed by atoms with Gasteiger partial charge in [0, 0.05) is 0 Å². The van der Waals surface area contributed by atoms with Gasteiger partial charge in [0.2, 0.25) is 11.9 Å². The number of hydrogen-bond donors (Lipinski definition) is 2. The summed E-state index contributed by atoms with van der Waals surface area (Å²) in [5, 5.41) is 4.09. The highest BCUT2D eigenvalue weighted by Crippen LogP contribution is 2.28. The van der Waals surface area contributed by atoms with E-state index in [9.17, 15) is 0 Å². The van der Waals surface area contributed by atoms with E-state index in [4.69, 9.17) is 11.5 Å². The number of aromatic nitrogens is 3. The van der Waals surface area contributed by atoms with Crippen molar-refractivity contribution < 1.29 is 0 Å². The SMILES string of the molecule is Nc1nc(N)n(C2CCCCC2)n1. The van der Waals surface area contributed by atoms with Gasteiger partial charge in [0.15, 0.2) is 0 Å². The Morgan fingerprint density at radius 3 is 2.38 bits per heavy atom. The zero-order valence-corrected chi connectivity index (χ0v) is 7.61. The van der Waals surface area contributed by atoms with E-state index in [2.05, 4.69) is 10.1 Å². The topological polar surface area (TPSA) is 82.7 Å². The molecule has 0 saturated heterocycles. The minimum absolute atomic E-state index is 0.281. The molecule has 5 heteroatoms. The first kappa shape index (κ1) is 8.34. The Balaban J connectivity index is 2.18. The first-order valence-electron chi connectivity index (χ1n) is 4.75. The second-order valence-electron chi connectivity index (χ2n) is 3.56. The van der Waals surface area contributed by atoms with Crippen LogP contribution in [0, 0.1) is 0 Å². The molecule has 1 saturated carbocycles. The molecule has 0 radical (unpaired) electrons. The molecule has 1 heterocycles. The monoisotopic (exact) mass is 181 g/mol. The van der Waals surface area contributed by atoms with Crippen molar-refractivity contribution in [1.82, 2.24) is 14.8 Å². The van der Waals surface area contributed by atoms with Crippen LogP contribution in [0.1, 0.15) is 38.1 Å². The molecule has 4 N–H and O–H groups in total. The van der Waals surface area contributed by atoms with Crippen LogP contribution in [-0.2, 0) is 0 Å². The smallest absolute Gasteiger partial charge is 0.241 e. The zero-order valence-electron chi connectivity index (χ0n) is 7.61. The summed E-state index contributed by atoms with van der Waals surface area (Å²) in [4.78, 5) is 3.89. The third-order valence-electron chi connectivity index (χ3n) is 2.59. The lowest BCUT2D eigenvalue weighted by atomic mass is 9.96. The van der Waals surface area contributed by atoms with Gasteiger partial charge in [-0.3, -0.25) is 0 Å². The van der Waals surface area contributed by atoms with Crippen molar-refractivity contribution >= 4 is 11.9 Å². The van der Waals surface area contributed by atoms with E-state index in [0.29, 0.717) is 12.0 Å². The Hall–Kier alpha value is -1.26. The number of nitrogen functional groups attached to an aromatic ring is 2. The van der Waals surface area contributed by atoms with Crippen LogP contribution < -0.4 is 11.5 Å². The molecule has 0 aromatic carbocycles. The molecular weight excluding hydrogens is 166 g/mol. The molecule has 0 amide bonds. The van der Waals surface area contributed by atoms with Crippen molar-refractivity contribution in [3.8, 4) is 0 Å². The van der Waals surface area contributed by atoms with Crippen LogP contribution >= 0.6 is 0 Å². The molecule has 0 bridgehead atoms. The Morgan fingerprint density at radius 2 is 1.85 bits per heavy atom. The molecule has 5 nitrogen and oxygen atoms in total. The van der Waals surface area contributed by atoms with Gasteiger partial charge in [-0.2, -0.15) is 4.98 Å². The van der Waals surface area contributed by atoms with Gasteiger partial charge in [0.25, 0.3) is 0 Å². The third-order valence-corrected chi connectivity index (χ3v) is 2.59. The highest BCUT2D eigenvalue weighted by atomic mass is 15.4. The van der Waals surface area contributed by atoms with E-state index in [1.165, 1.54) is 19.3 Å². The normalized spacial score (nSPS) is 19.1. The minimum atomic E-state index is 0.281. The minimum Gasteiger partial charge on any atom is -0.368 e. The molecule has 1 fully saturated rings. The number of rotatable bonds is 1. The largest absolute Gasteiger partial charge is 0.368 e. The molecular formula is C8H15N5. The fourth-order valence-corrected chi connectivity index (χ4v) is 1.95. The zero-order chi connectivity index (χ0) is 9.26. The molecule has 0 unspecified atom stereocenters. The van der Waals surface area contributed by atoms with Crippen LogP contribution in [0.5, 0.6) is 0 Å². The van der Waals surface area contributed by atoms with Gasteiger partial charge < -0.3 is 11.5 Å². The number of nitrogens with zero attached hydrogens (tertiary/aromatic N) is 3. The van der Waals surface area contributed by atoms with Crippen LogP contribution in [0.25, 0.3) is 0 Å². The quantitative estimate of drug-likeness (QED) is 0.675. The molecule has 1 aliphatic rings. The van der Waals surface area contributed by atoms with Gasteiger partial charge in [-0.25, -0.2) is 4.68 Å². The first-order chi connectivity index (χ1) is 6.27. The van der Waals surface area contributed by atoms with Crippen LogP contribution in [0.2, 0.25) is 0 Å². The van der Waals surface area contributed by atoms with Crippen LogP contribution in [-0.4, -0.2) is 14.8 Å². The lowest BCUT2D eigenvalue weighted by Gasteiger charge is -2.21. The summed E-state index contributed by atoms with van der Waals surface area (Å²) in [6.07, 6.45) is 6.12. The van der Waals surface area contributed by atoms with Gasteiger partial charge >= 0.3 is 0 Å². The molecule has 0 aliphatic heterocycles. The van der Waals surface area contributed by atoms with E-state index >= 15 is 0 Å².